The van der Waals surface area contributed by atoms with Crippen LogP contribution in [0.1, 0.15) is 41.5 Å². The van der Waals surface area contributed by atoms with Crippen molar-refractivity contribution in [3.8, 4) is 0 Å². The van der Waals surface area contributed by atoms with Crippen molar-refractivity contribution in [2.75, 3.05) is 26.2 Å². The van der Waals surface area contributed by atoms with Gasteiger partial charge < -0.3 is 4.90 Å². The van der Waals surface area contributed by atoms with Crippen LogP contribution in [0.15, 0.2) is 24.3 Å². The predicted molar refractivity (Wildman–Crippen MR) is 100 cm³/mol. The summed E-state index contributed by atoms with van der Waals surface area (Å²) in [5, 5.41) is 8.29. The molecule has 1 amide bonds. The second-order valence-corrected chi connectivity index (χ2v) is 7.43. The van der Waals surface area contributed by atoms with Crippen molar-refractivity contribution < 1.29 is 4.79 Å². The molecule has 1 aromatic heterocycles. The van der Waals surface area contributed by atoms with Gasteiger partial charge in [-0.2, -0.15) is 5.10 Å². The Morgan fingerprint density at radius 3 is 2.60 bits per heavy atom. The first-order chi connectivity index (χ1) is 12.0. The fraction of sp³-hybridized carbons (Fsp3) is 0.444. The summed E-state index contributed by atoms with van der Waals surface area (Å²) in [6, 6.07) is 7.54. The highest BCUT2D eigenvalue weighted by atomic mass is 35.5. The second-order valence-electron chi connectivity index (χ2n) is 6.64. The van der Waals surface area contributed by atoms with Gasteiger partial charge in [0.25, 0.3) is 5.91 Å². The minimum Gasteiger partial charge on any atom is -0.335 e. The maximum atomic E-state index is 12.6. The maximum Gasteiger partial charge on any atom is 0.274 e. The summed E-state index contributed by atoms with van der Waals surface area (Å²) in [6.45, 7) is 7.85. The number of H-pyrrole nitrogens is 1. The molecule has 1 aliphatic rings. The summed E-state index contributed by atoms with van der Waals surface area (Å²) in [6.07, 6.45) is 0. The van der Waals surface area contributed by atoms with Crippen molar-refractivity contribution in [2.45, 2.75) is 26.3 Å². The summed E-state index contributed by atoms with van der Waals surface area (Å²) < 4.78 is 0. The van der Waals surface area contributed by atoms with Crippen molar-refractivity contribution >= 4 is 29.1 Å². The zero-order valence-corrected chi connectivity index (χ0v) is 15.9. The molecular formula is C18H22Cl2N4O. The van der Waals surface area contributed by atoms with Gasteiger partial charge in [-0.15, -0.1) is 0 Å². The molecule has 7 heteroatoms. The molecule has 0 bridgehead atoms. The molecule has 0 atom stereocenters. The van der Waals surface area contributed by atoms with Gasteiger partial charge in [-0.1, -0.05) is 49.2 Å². The van der Waals surface area contributed by atoms with E-state index < -0.39 is 0 Å². The smallest absolute Gasteiger partial charge is 0.274 e. The topological polar surface area (TPSA) is 52.2 Å². The van der Waals surface area contributed by atoms with Gasteiger partial charge in [-0.05, 0) is 23.6 Å². The Kier molecular flexibility index (Phi) is 5.67. The number of aromatic amines is 1. The molecule has 0 aliphatic carbocycles. The molecule has 2 aromatic rings. The number of hydrogen-bond donors (Lipinski definition) is 1. The molecule has 2 heterocycles. The minimum atomic E-state index is -0.0106. The van der Waals surface area contributed by atoms with Crippen molar-refractivity contribution in [1.29, 1.82) is 0 Å². The number of nitrogens with one attached hydrogen (secondary N) is 1. The molecule has 0 spiro atoms. The number of piperazine rings is 1. The zero-order valence-electron chi connectivity index (χ0n) is 14.4. The van der Waals surface area contributed by atoms with Crippen LogP contribution in [0.4, 0.5) is 0 Å². The third-order valence-corrected chi connectivity index (χ3v) is 5.38. The Bertz CT molecular complexity index is 751. The van der Waals surface area contributed by atoms with Crippen LogP contribution in [-0.2, 0) is 6.54 Å². The normalized spacial score (nSPS) is 15.8. The van der Waals surface area contributed by atoms with E-state index in [1.807, 2.05) is 23.1 Å². The van der Waals surface area contributed by atoms with Gasteiger partial charge in [-0.25, -0.2) is 0 Å². The number of hydrogen-bond acceptors (Lipinski definition) is 3. The van der Waals surface area contributed by atoms with Gasteiger partial charge in [0.2, 0.25) is 0 Å². The number of nitrogens with zero attached hydrogens (tertiary/aromatic N) is 3. The van der Waals surface area contributed by atoms with Gasteiger partial charge in [0, 0.05) is 38.4 Å². The highest BCUT2D eigenvalue weighted by Crippen LogP contribution is 2.26. The molecule has 0 unspecified atom stereocenters. The van der Waals surface area contributed by atoms with E-state index in [0.29, 0.717) is 34.7 Å². The summed E-state index contributed by atoms with van der Waals surface area (Å²) in [4.78, 5) is 16.7. The summed E-state index contributed by atoms with van der Waals surface area (Å²) in [5.74, 6) is 0.317. The lowest BCUT2D eigenvalue weighted by Crippen LogP contribution is -2.48. The Hall–Kier alpha value is -1.56. The Labute approximate surface area is 157 Å². The van der Waals surface area contributed by atoms with Gasteiger partial charge in [0.1, 0.15) is 5.69 Å². The van der Waals surface area contributed by atoms with Gasteiger partial charge in [0.15, 0.2) is 0 Å². The Balaban J connectivity index is 1.57. The van der Waals surface area contributed by atoms with Gasteiger partial charge in [0.05, 0.1) is 10.0 Å². The molecule has 134 valence electrons. The van der Waals surface area contributed by atoms with Crippen molar-refractivity contribution in [3.63, 3.8) is 0 Å². The van der Waals surface area contributed by atoms with Crippen LogP contribution in [-0.4, -0.2) is 52.1 Å². The number of halogens is 2. The van der Waals surface area contributed by atoms with E-state index in [4.69, 9.17) is 23.2 Å². The summed E-state index contributed by atoms with van der Waals surface area (Å²) >= 11 is 12.3. The lowest BCUT2D eigenvalue weighted by Gasteiger charge is -2.34. The molecule has 3 rings (SSSR count). The third-order valence-electron chi connectivity index (χ3n) is 4.52. The third kappa shape index (κ3) is 4.17. The average Bonchev–Trinajstić information content (AvgIpc) is 3.09. The summed E-state index contributed by atoms with van der Waals surface area (Å²) in [7, 11) is 0. The van der Waals surface area contributed by atoms with Crippen molar-refractivity contribution in [3.05, 3.63) is 51.3 Å². The van der Waals surface area contributed by atoms with Gasteiger partial charge in [-0.3, -0.25) is 14.8 Å². The van der Waals surface area contributed by atoms with E-state index in [0.717, 1.165) is 30.9 Å². The molecule has 1 N–H and O–H groups in total. The molecule has 1 saturated heterocycles. The van der Waals surface area contributed by atoms with Crippen LogP contribution >= 0.6 is 23.2 Å². The number of benzene rings is 1. The minimum absolute atomic E-state index is 0.0106. The molecule has 1 fully saturated rings. The van der Waals surface area contributed by atoms with Crippen LogP contribution in [0, 0.1) is 0 Å². The molecule has 0 radical (unpaired) electrons. The van der Waals surface area contributed by atoms with E-state index in [9.17, 15) is 4.79 Å². The molecule has 25 heavy (non-hydrogen) atoms. The second kappa shape index (κ2) is 7.77. The van der Waals surface area contributed by atoms with E-state index in [2.05, 4.69) is 28.9 Å². The maximum absolute atomic E-state index is 12.6. The highest BCUT2D eigenvalue weighted by molar-refractivity contribution is 6.42. The molecule has 0 saturated carbocycles. The number of carbonyl (C=O) groups excluding carboxylic acids is 1. The number of amides is 1. The van der Waals surface area contributed by atoms with E-state index in [1.165, 1.54) is 0 Å². The molecule has 1 aliphatic heterocycles. The zero-order chi connectivity index (χ0) is 18.0. The first kappa shape index (κ1) is 18.2. The fourth-order valence-corrected chi connectivity index (χ4v) is 3.30. The van der Waals surface area contributed by atoms with Crippen LogP contribution in [0.25, 0.3) is 0 Å². The number of carbonyl (C=O) groups is 1. The lowest BCUT2D eigenvalue weighted by molar-refractivity contribution is 0.0622. The Morgan fingerprint density at radius 2 is 1.96 bits per heavy atom. The van der Waals surface area contributed by atoms with Crippen molar-refractivity contribution in [1.82, 2.24) is 20.0 Å². The van der Waals surface area contributed by atoms with Crippen LogP contribution in [0.2, 0.25) is 10.0 Å². The first-order valence-electron chi connectivity index (χ1n) is 8.45. The van der Waals surface area contributed by atoms with E-state index >= 15 is 0 Å². The number of rotatable bonds is 4. The van der Waals surface area contributed by atoms with Crippen LogP contribution < -0.4 is 0 Å². The monoisotopic (exact) mass is 380 g/mol. The highest BCUT2D eigenvalue weighted by Gasteiger charge is 2.24. The molecule has 1 aromatic carbocycles. The van der Waals surface area contributed by atoms with E-state index in [1.54, 1.807) is 6.07 Å². The lowest BCUT2D eigenvalue weighted by atomic mass is 10.1. The van der Waals surface area contributed by atoms with Crippen molar-refractivity contribution in [2.24, 2.45) is 0 Å². The van der Waals surface area contributed by atoms with Crippen LogP contribution in [0.3, 0.4) is 0 Å². The standard InChI is InChI=1S/C18H22Cl2N4O/c1-12(2)15-10-16(22-21-15)18(25)24-8-6-23(7-9-24)11-13-4-3-5-14(19)17(13)20/h3-5,10,12H,6-9,11H2,1-2H3,(H,21,22). The first-order valence-corrected chi connectivity index (χ1v) is 9.21. The van der Waals surface area contributed by atoms with Crippen LogP contribution in [0.5, 0.6) is 0 Å². The number of aromatic nitrogens is 2. The predicted octanol–water partition coefficient (Wildman–Crippen LogP) is 3.80. The summed E-state index contributed by atoms with van der Waals surface area (Å²) in [5.41, 5.74) is 2.50. The Morgan fingerprint density at radius 1 is 1.24 bits per heavy atom. The SMILES string of the molecule is CC(C)c1cc(C(=O)N2CCN(Cc3cccc(Cl)c3Cl)CC2)n[nH]1. The van der Waals surface area contributed by atoms with Gasteiger partial charge >= 0.3 is 0 Å². The molecular weight excluding hydrogens is 359 g/mol. The largest absolute Gasteiger partial charge is 0.335 e. The fourth-order valence-electron chi connectivity index (χ4n) is 2.92. The quantitative estimate of drug-likeness (QED) is 0.877. The molecule has 5 nitrogen and oxygen atoms in total. The van der Waals surface area contributed by atoms with E-state index in [-0.39, 0.29) is 5.91 Å². The average molecular weight is 381 g/mol.